The topological polar surface area (TPSA) is 9.23 Å². The highest BCUT2D eigenvalue weighted by molar-refractivity contribution is 5.75. The summed E-state index contributed by atoms with van der Waals surface area (Å²) in [7, 11) is 0. The van der Waals surface area contributed by atoms with Gasteiger partial charge < -0.3 is 0 Å². The SMILES string of the molecule is CCCCCCC(CCCC)O[N+](CCCC)(CCCC)CCCC.[BH4-]. The predicted octanol–water partition coefficient (Wildman–Crippen LogP) is 6.21. The minimum absolute atomic E-state index is 0. The first-order chi connectivity index (χ1) is 12.2. The predicted molar refractivity (Wildman–Crippen MR) is 124 cm³/mol. The van der Waals surface area contributed by atoms with Gasteiger partial charge in [0.1, 0.15) is 25.7 Å². The summed E-state index contributed by atoms with van der Waals surface area (Å²) in [5.41, 5.74) is 0. The Morgan fingerprint density at radius 2 is 0.962 bits per heavy atom. The van der Waals surface area contributed by atoms with Gasteiger partial charge in [-0.2, -0.15) is 9.48 Å². The summed E-state index contributed by atoms with van der Waals surface area (Å²) in [4.78, 5) is 6.96. The van der Waals surface area contributed by atoms with Crippen molar-refractivity contribution < 1.29 is 9.48 Å². The van der Waals surface area contributed by atoms with Crippen molar-refractivity contribution in [1.29, 1.82) is 0 Å². The summed E-state index contributed by atoms with van der Waals surface area (Å²) in [5.74, 6) is 0. The van der Waals surface area contributed by atoms with E-state index in [1.807, 2.05) is 0 Å². The normalized spacial score (nSPS) is 12.8. The Bertz CT molecular complexity index is 251. The monoisotopic (exact) mass is 371 g/mol. The van der Waals surface area contributed by atoms with E-state index in [0.29, 0.717) is 6.10 Å². The maximum atomic E-state index is 6.96. The van der Waals surface area contributed by atoms with Crippen LogP contribution in [-0.2, 0) is 4.84 Å². The van der Waals surface area contributed by atoms with Crippen LogP contribution in [0.4, 0.5) is 0 Å². The first kappa shape index (κ1) is 28.2. The van der Waals surface area contributed by atoms with E-state index in [0.717, 1.165) is 4.65 Å². The smallest absolute Gasteiger partial charge is 0.117 e. The van der Waals surface area contributed by atoms with Crippen LogP contribution in [0.1, 0.15) is 125 Å². The molecule has 0 fully saturated rings. The zero-order valence-corrected chi connectivity index (χ0v) is 18.5. The van der Waals surface area contributed by atoms with Crippen LogP contribution in [-0.4, -0.2) is 38.8 Å². The molecule has 0 N–H and O–H groups in total. The van der Waals surface area contributed by atoms with E-state index in [1.54, 1.807) is 0 Å². The third-order valence-corrected chi connectivity index (χ3v) is 5.39. The van der Waals surface area contributed by atoms with Crippen LogP contribution >= 0.6 is 0 Å². The van der Waals surface area contributed by atoms with Crippen molar-refractivity contribution in [3.05, 3.63) is 0 Å². The molecule has 0 aromatic rings. The van der Waals surface area contributed by atoms with Gasteiger partial charge in [0.15, 0.2) is 0 Å². The summed E-state index contributed by atoms with van der Waals surface area (Å²) in [6.07, 6.45) is 18.7. The molecule has 160 valence electrons. The summed E-state index contributed by atoms with van der Waals surface area (Å²) in [6, 6.07) is 0. The molecule has 0 bridgehead atoms. The van der Waals surface area contributed by atoms with E-state index in [2.05, 4.69) is 34.6 Å². The number of unbranched alkanes of at least 4 members (excludes halogenated alkanes) is 7. The molecule has 0 aliphatic carbocycles. The lowest BCUT2D eigenvalue weighted by atomic mass is 10.0. The van der Waals surface area contributed by atoms with Crippen LogP contribution in [0.2, 0.25) is 0 Å². The number of rotatable bonds is 19. The fourth-order valence-corrected chi connectivity index (χ4v) is 3.63. The fourth-order valence-electron chi connectivity index (χ4n) is 3.63. The number of hydroxylamine groups is 3. The van der Waals surface area contributed by atoms with Crippen molar-refractivity contribution in [3.8, 4) is 0 Å². The zero-order valence-electron chi connectivity index (χ0n) is 18.5. The number of hydrogen-bond acceptors (Lipinski definition) is 1. The molecule has 2 nitrogen and oxygen atoms in total. The second-order valence-corrected chi connectivity index (χ2v) is 8.01. The Labute approximate surface area is 168 Å². The largest absolute Gasteiger partial charge is 0.200 e. The Morgan fingerprint density at radius 1 is 0.538 bits per heavy atom. The molecule has 1 unspecified atom stereocenters. The van der Waals surface area contributed by atoms with E-state index >= 15 is 0 Å². The van der Waals surface area contributed by atoms with Gasteiger partial charge in [-0.3, -0.25) is 0 Å². The summed E-state index contributed by atoms with van der Waals surface area (Å²) in [6.45, 7) is 15.2. The van der Waals surface area contributed by atoms with Gasteiger partial charge in [-0.25, -0.2) is 0 Å². The quantitative estimate of drug-likeness (QED) is 0.113. The van der Waals surface area contributed by atoms with Crippen LogP contribution in [0.5, 0.6) is 0 Å². The molecule has 0 amide bonds. The van der Waals surface area contributed by atoms with E-state index in [4.69, 9.17) is 4.84 Å². The molecule has 1 atom stereocenters. The van der Waals surface area contributed by atoms with E-state index in [9.17, 15) is 0 Å². The van der Waals surface area contributed by atoms with Gasteiger partial charge >= 0.3 is 0 Å². The Hall–Kier alpha value is -0.0151. The molecule has 0 saturated carbocycles. The summed E-state index contributed by atoms with van der Waals surface area (Å²) in [5, 5.41) is 0. The lowest BCUT2D eigenvalue weighted by molar-refractivity contribution is -1.11. The van der Waals surface area contributed by atoms with Gasteiger partial charge in [0.05, 0.1) is 0 Å². The van der Waals surface area contributed by atoms with Gasteiger partial charge in [0.25, 0.3) is 0 Å². The third kappa shape index (κ3) is 14.1. The van der Waals surface area contributed by atoms with Crippen LogP contribution < -0.4 is 0 Å². The minimum Gasteiger partial charge on any atom is -0.200 e. The summed E-state index contributed by atoms with van der Waals surface area (Å²) < 4.78 is 0.942. The number of quaternary nitrogens is 1. The Balaban J connectivity index is 0. The Morgan fingerprint density at radius 3 is 1.38 bits per heavy atom. The van der Waals surface area contributed by atoms with Crippen molar-refractivity contribution >= 4 is 8.41 Å². The molecule has 0 radical (unpaired) electrons. The molecule has 0 aliphatic heterocycles. The van der Waals surface area contributed by atoms with E-state index < -0.39 is 0 Å². The van der Waals surface area contributed by atoms with Crippen molar-refractivity contribution in [2.75, 3.05) is 19.6 Å². The highest BCUT2D eigenvalue weighted by Gasteiger charge is 2.31. The lowest BCUT2D eigenvalue weighted by Crippen LogP contribution is -2.52. The Kier molecular flexibility index (Phi) is 21.4. The van der Waals surface area contributed by atoms with Crippen LogP contribution in [0.3, 0.4) is 0 Å². The molecule has 0 aromatic heterocycles. The van der Waals surface area contributed by atoms with Crippen molar-refractivity contribution in [3.63, 3.8) is 0 Å². The molecule has 0 aromatic carbocycles. The van der Waals surface area contributed by atoms with Gasteiger partial charge in [-0.15, -0.1) is 0 Å². The van der Waals surface area contributed by atoms with Crippen LogP contribution in [0, 0.1) is 0 Å². The molecule has 0 heterocycles. The molecule has 0 spiro atoms. The second-order valence-electron chi connectivity index (χ2n) is 8.01. The second kappa shape index (κ2) is 19.7. The standard InChI is InChI=1S/C23H50NO.BH4/c1-6-11-16-17-19-23(18-12-7-2)25-24(20-13-8-3,21-14-9-4)22-15-10-5;/h23H,6-22H2,1-5H3;1H4/q+1;-1. The number of hydrogen-bond donors (Lipinski definition) is 0. The average molecular weight is 372 g/mol. The first-order valence-electron chi connectivity index (χ1n) is 11.7. The summed E-state index contributed by atoms with van der Waals surface area (Å²) >= 11 is 0. The molecule has 26 heavy (non-hydrogen) atoms. The van der Waals surface area contributed by atoms with E-state index in [-0.39, 0.29) is 8.41 Å². The van der Waals surface area contributed by atoms with Gasteiger partial charge in [0, 0.05) is 0 Å². The van der Waals surface area contributed by atoms with Gasteiger partial charge in [-0.1, -0.05) is 101 Å². The van der Waals surface area contributed by atoms with Crippen molar-refractivity contribution in [2.45, 2.75) is 131 Å². The van der Waals surface area contributed by atoms with Gasteiger partial charge in [-0.05, 0) is 32.1 Å². The molecule has 0 rings (SSSR count). The first-order valence-corrected chi connectivity index (χ1v) is 11.7. The molecule has 3 heteroatoms. The fraction of sp³-hybridized carbons (Fsp3) is 1.00. The van der Waals surface area contributed by atoms with Gasteiger partial charge in [0.2, 0.25) is 0 Å². The minimum atomic E-state index is 0. The zero-order chi connectivity index (χ0) is 18.8. The van der Waals surface area contributed by atoms with Crippen molar-refractivity contribution in [2.24, 2.45) is 0 Å². The maximum Gasteiger partial charge on any atom is 0.117 e. The molecule has 0 saturated heterocycles. The third-order valence-electron chi connectivity index (χ3n) is 5.39. The van der Waals surface area contributed by atoms with Crippen molar-refractivity contribution in [1.82, 2.24) is 0 Å². The highest BCUT2D eigenvalue weighted by Crippen LogP contribution is 2.23. The number of nitrogens with zero attached hydrogens (tertiary/aromatic N) is 1. The van der Waals surface area contributed by atoms with Crippen LogP contribution in [0.15, 0.2) is 0 Å². The van der Waals surface area contributed by atoms with Crippen LogP contribution in [0.25, 0.3) is 0 Å². The van der Waals surface area contributed by atoms with E-state index in [1.165, 1.54) is 110 Å². The average Bonchev–Trinajstić information content (AvgIpc) is 2.64. The molecular weight excluding hydrogens is 317 g/mol. The highest BCUT2D eigenvalue weighted by atomic mass is 16.7. The molecular formula is C23H54BNO. The molecule has 0 aliphatic rings. The lowest BCUT2D eigenvalue weighted by Gasteiger charge is -2.39. The maximum absolute atomic E-state index is 6.96.